The fourth-order valence-electron chi connectivity index (χ4n) is 2.14. The SMILES string of the molecule is CCC(C)c1ccc(C(Cl)c2cc(F)c(F)c(F)c2)cc1. The van der Waals surface area contributed by atoms with Crippen LogP contribution in [0.2, 0.25) is 0 Å². The second-order valence-corrected chi connectivity index (χ2v) is 5.57. The molecular formula is C17H16ClF3. The van der Waals surface area contributed by atoms with Gasteiger partial charge in [-0.05, 0) is 41.2 Å². The molecule has 0 amide bonds. The number of halogens is 4. The maximum absolute atomic E-state index is 13.3. The summed E-state index contributed by atoms with van der Waals surface area (Å²) in [6.45, 7) is 4.23. The number of hydrogen-bond donors (Lipinski definition) is 0. The maximum Gasteiger partial charge on any atom is 0.194 e. The molecule has 0 aliphatic carbocycles. The fraction of sp³-hybridized carbons (Fsp3) is 0.294. The minimum atomic E-state index is -1.48. The molecule has 21 heavy (non-hydrogen) atoms. The number of rotatable bonds is 4. The molecular weight excluding hydrogens is 297 g/mol. The van der Waals surface area contributed by atoms with Gasteiger partial charge in [-0.25, -0.2) is 13.2 Å². The molecule has 2 aromatic carbocycles. The Morgan fingerprint density at radius 3 is 1.86 bits per heavy atom. The molecule has 0 N–H and O–H groups in total. The van der Waals surface area contributed by atoms with E-state index in [1.165, 1.54) is 5.56 Å². The molecule has 0 radical (unpaired) electrons. The second kappa shape index (κ2) is 6.52. The molecule has 0 fully saturated rings. The van der Waals surface area contributed by atoms with Crippen molar-refractivity contribution in [2.75, 3.05) is 0 Å². The third-order valence-electron chi connectivity index (χ3n) is 3.71. The van der Waals surface area contributed by atoms with Gasteiger partial charge in [0.25, 0.3) is 0 Å². The molecule has 2 unspecified atom stereocenters. The quantitative estimate of drug-likeness (QED) is 0.483. The van der Waals surface area contributed by atoms with Gasteiger partial charge in [-0.15, -0.1) is 11.6 Å². The zero-order valence-electron chi connectivity index (χ0n) is 11.8. The summed E-state index contributed by atoms with van der Waals surface area (Å²) in [5.41, 5.74) is 2.10. The molecule has 0 aromatic heterocycles. The van der Waals surface area contributed by atoms with E-state index in [1.54, 1.807) is 0 Å². The van der Waals surface area contributed by atoms with Gasteiger partial charge in [-0.2, -0.15) is 0 Å². The standard InChI is InChI=1S/C17H16ClF3/c1-3-10(2)11-4-6-12(7-5-11)16(18)13-8-14(19)17(21)15(20)9-13/h4-10,16H,3H2,1-2H3. The van der Waals surface area contributed by atoms with Crippen molar-refractivity contribution in [2.24, 2.45) is 0 Å². The van der Waals surface area contributed by atoms with Crippen LogP contribution in [0.5, 0.6) is 0 Å². The summed E-state index contributed by atoms with van der Waals surface area (Å²) in [4.78, 5) is 0. The predicted octanol–water partition coefficient (Wildman–Crippen LogP) is 5.95. The zero-order valence-corrected chi connectivity index (χ0v) is 12.6. The lowest BCUT2D eigenvalue weighted by Gasteiger charge is -2.14. The number of benzene rings is 2. The molecule has 2 aromatic rings. The van der Waals surface area contributed by atoms with Gasteiger partial charge in [-0.1, -0.05) is 38.1 Å². The van der Waals surface area contributed by atoms with Crippen molar-refractivity contribution >= 4 is 11.6 Å². The van der Waals surface area contributed by atoms with Crippen LogP contribution in [0.1, 0.15) is 48.3 Å². The van der Waals surface area contributed by atoms with Crippen molar-refractivity contribution < 1.29 is 13.2 Å². The highest BCUT2D eigenvalue weighted by molar-refractivity contribution is 6.22. The average molecular weight is 313 g/mol. The van der Waals surface area contributed by atoms with E-state index in [2.05, 4.69) is 13.8 Å². The van der Waals surface area contributed by atoms with E-state index < -0.39 is 22.8 Å². The summed E-state index contributed by atoms with van der Waals surface area (Å²) in [5.74, 6) is -3.50. The first kappa shape index (κ1) is 15.9. The van der Waals surface area contributed by atoms with E-state index in [9.17, 15) is 13.2 Å². The number of hydrogen-bond acceptors (Lipinski definition) is 0. The van der Waals surface area contributed by atoms with Gasteiger partial charge in [0.2, 0.25) is 0 Å². The Hall–Kier alpha value is -1.48. The highest BCUT2D eigenvalue weighted by Gasteiger charge is 2.17. The first-order chi connectivity index (χ1) is 9.93. The van der Waals surface area contributed by atoms with Gasteiger partial charge < -0.3 is 0 Å². The molecule has 0 saturated carbocycles. The van der Waals surface area contributed by atoms with Crippen molar-refractivity contribution in [1.29, 1.82) is 0 Å². The molecule has 2 rings (SSSR count). The van der Waals surface area contributed by atoms with E-state index in [1.807, 2.05) is 24.3 Å². The van der Waals surface area contributed by atoms with E-state index in [0.717, 1.165) is 18.6 Å². The van der Waals surface area contributed by atoms with Crippen LogP contribution >= 0.6 is 11.6 Å². The highest BCUT2D eigenvalue weighted by atomic mass is 35.5. The zero-order chi connectivity index (χ0) is 15.6. The van der Waals surface area contributed by atoms with Crippen LogP contribution in [-0.4, -0.2) is 0 Å². The van der Waals surface area contributed by atoms with Crippen LogP contribution in [0.25, 0.3) is 0 Å². The Labute approximate surface area is 127 Å². The van der Waals surface area contributed by atoms with Crippen molar-refractivity contribution in [3.05, 3.63) is 70.5 Å². The van der Waals surface area contributed by atoms with Crippen molar-refractivity contribution in [3.63, 3.8) is 0 Å². The molecule has 0 bridgehead atoms. The van der Waals surface area contributed by atoms with Crippen molar-refractivity contribution in [2.45, 2.75) is 31.6 Å². The van der Waals surface area contributed by atoms with Gasteiger partial charge >= 0.3 is 0 Å². The average Bonchev–Trinajstić information content (AvgIpc) is 2.50. The van der Waals surface area contributed by atoms with E-state index in [-0.39, 0.29) is 5.56 Å². The number of alkyl halides is 1. The maximum atomic E-state index is 13.3. The van der Waals surface area contributed by atoms with Gasteiger partial charge in [-0.3, -0.25) is 0 Å². The normalized spacial score (nSPS) is 14.0. The summed E-state index contributed by atoms with van der Waals surface area (Å²) in [6.07, 6.45) is 1.03. The summed E-state index contributed by atoms with van der Waals surface area (Å²) < 4.78 is 39.5. The lowest BCUT2D eigenvalue weighted by atomic mass is 9.96. The third-order valence-corrected chi connectivity index (χ3v) is 4.21. The molecule has 0 nitrogen and oxygen atoms in total. The Bertz CT molecular complexity index is 599. The summed E-state index contributed by atoms with van der Waals surface area (Å²) in [5, 5.41) is -0.722. The van der Waals surface area contributed by atoms with E-state index in [4.69, 9.17) is 11.6 Å². The Morgan fingerprint density at radius 1 is 0.905 bits per heavy atom. The first-order valence-corrected chi connectivity index (χ1v) is 7.26. The molecule has 0 saturated heterocycles. The molecule has 112 valence electrons. The molecule has 0 aliphatic heterocycles. The Morgan fingerprint density at radius 2 is 1.38 bits per heavy atom. The molecule has 0 spiro atoms. The largest absolute Gasteiger partial charge is 0.204 e. The van der Waals surface area contributed by atoms with Crippen LogP contribution in [-0.2, 0) is 0 Å². The summed E-state index contributed by atoms with van der Waals surface area (Å²) >= 11 is 6.24. The Kier molecular flexibility index (Phi) is 4.94. The van der Waals surface area contributed by atoms with Crippen LogP contribution in [0.4, 0.5) is 13.2 Å². The minimum absolute atomic E-state index is 0.198. The van der Waals surface area contributed by atoms with Crippen LogP contribution in [0.15, 0.2) is 36.4 Å². The molecule has 0 aliphatic rings. The van der Waals surface area contributed by atoms with Crippen LogP contribution in [0, 0.1) is 17.5 Å². The van der Waals surface area contributed by atoms with Crippen molar-refractivity contribution in [1.82, 2.24) is 0 Å². The van der Waals surface area contributed by atoms with Crippen molar-refractivity contribution in [3.8, 4) is 0 Å². The van der Waals surface area contributed by atoms with Gasteiger partial charge in [0.15, 0.2) is 17.5 Å². The predicted molar refractivity (Wildman–Crippen MR) is 79.2 cm³/mol. The Balaban J connectivity index is 2.29. The molecule has 2 atom stereocenters. The third kappa shape index (κ3) is 3.41. The summed E-state index contributed by atoms with van der Waals surface area (Å²) in [6, 6.07) is 9.43. The van der Waals surface area contributed by atoms with Gasteiger partial charge in [0.1, 0.15) is 0 Å². The topological polar surface area (TPSA) is 0 Å². The molecule has 0 heterocycles. The molecule has 4 heteroatoms. The smallest absolute Gasteiger partial charge is 0.194 e. The van der Waals surface area contributed by atoms with E-state index in [0.29, 0.717) is 11.5 Å². The fourth-order valence-corrected chi connectivity index (χ4v) is 2.41. The van der Waals surface area contributed by atoms with Crippen LogP contribution < -0.4 is 0 Å². The lowest BCUT2D eigenvalue weighted by molar-refractivity contribution is 0.445. The summed E-state index contributed by atoms with van der Waals surface area (Å²) in [7, 11) is 0. The lowest BCUT2D eigenvalue weighted by Crippen LogP contribution is -1.99. The highest BCUT2D eigenvalue weighted by Crippen LogP contribution is 2.31. The monoisotopic (exact) mass is 312 g/mol. The minimum Gasteiger partial charge on any atom is -0.204 e. The van der Waals surface area contributed by atoms with Gasteiger partial charge in [0, 0.05) is 0 Å². The second-order valence-electron chi connectivity index (χ2n) is 5.14. The first-order valence-electron chi connectivity index (χ1n) is 6.82. The van der Waals surface area contributed by atoms with Crippen LogP contribution in [0.3, 0.4) is 0 Å². The van der Waals surface area contributed by atoms with Gasteiger partial charge in [0.05, 0.1) is 5.38 Å². The van der Waals surface area contributed by atoms with E-state index >= 15 is 0 Å².